The van der Waals surface area contributed by atoms with Crippen molar-refractivity contribution in [2.24, 2.45) is 31.4 Å². The molecule has 0 aromatic heterocycles. The van der Waals surface area contributed by atoms with Crippen molar-refractivity contribution in [1.29, 1.82) is 10.5 Å². The summed E-state index contributed by atoms with van der Waals surface area (Å²) in [5.41, 5.74) is 16.4. The number of nitrogens with two attached hydrogens (primary N) is 2. The highest BCUT2D eigenvalue weighted by molar-refractivity contribution is 8.14. The van der Waals surface area contributed by atoms with Crippen LogP contribution in [0.5, 0.6) is 0 Å². The van der Waals surface area contributed by atoms with Gasteiger partial charge in [0.2, 0.25) is 11.8 Å². The van der Waals surface area contributed by atoms with Crippen molar-refractivity contribution < 1.29 is 9.59 Å². The molecular formula is C37H30Cl2N12O2S2. The highest BCUT2D eigenvalue weighted by Crippen LogP contribution is 2.27. The van der Waals surface area contributed by atoms with Gasteiger partial charge in [0.05, 0.1) is 34.8 Å². The number of thioether (sulfide) groups is 2. The van der Waals surface area contributed by atoms with Crippen LogP contribution in [0.2, 0.25) is 10.0 Å². The number of amides is 2. The topological polar surface area (TPSA) is 231 Å². The van der Waals surface area contributed by atoms with E-state index in [1.165, 1.54) is 0 Å². The number of carbonyl (C=O) groups is 2. The van der Waals surface area contributed by atoms with Crippen LogP contribution in [0, 0.1) is 22.7 Å². The highest BCUT2D eigenvalue weighted by atomic mass is 35.5. The van der Waals surface area contributed by atoms with Crippen LogP contribution in [0.4, 0.5) is 11.4 Å². The summed E-state index contributed by atoms with van der Waals surface area (Å²) in [6, 6.07) is 28.5. The predicted molar refractivity (Wildman–Crippen MR) is 220 cm³/mol. The Balaban J connectivity index is 1.02. The molecule has 2 aliphatic rings. The summed E-state index contributed by atoms with van der Waals surface area (Å²) in [5, 5.41) is 33.3. The quantitative estimate of drug-likeness (QED) is 0.116. The van der Waals surface area contributed by atoms with Gasteiger partial charge in [-0.1, -0.05) is 83.1 Å². The van der Waals surface area contributed by atoms with E-state index in [2.05, 4.69) is 53.4 Å². The maximum Gasteiger partial charge on any atom is 0.234 e. The second-order valence-electron chi connectivity index (χ2n) is 11.8. The lowest BCUT2D eigenvalue weighted by atomic mass is 9.96. The van der Waals surface area contributed by atoms with Gasteiger partial charge in [0, 0.05) is 27.8 Å². The molecule has 0 spiro atoms. The van der Waals surface area contributed by atoms with E-state index in [4.69, 9.17) is 34.7 Å². The minimum absolute atomic E-state index is 0.0169. The number of nitriles is 2. The van der Waals surface area contributed by atoms with Gasteiger partial charge in [0.25, 0.3) is 0 Å². The van der Waals surface area contributed by atoms with Crippen molar-refractivity contribution in [2.75, 3.05) is 22.1 Å². The zero-order valence-corrected chi connectivity index (χ0v) is 31.7. The number of nitrogens with zero attached hydrogens (tertiary/aromatic N) is 6. The third-order valence-corrected chi connectivity index (χ3v) is 10.2. The lowest BCUT2D eigenvalue weighted by molar-refractivity contribution is -0.114. The van der Waals surface area contributed by atoms with E-state index >= 15 is 0 Å². The lowest BCUT2D eigenvalue weighted by Gasteiger charge is -2.19. The fraction of sp³-hybridized carbons (Fsp3) is 0.135. The first-order valence-electron chi connectivity index (χ1n) is 16.3. The molecule has 2 aliphatic heterocycles. The number of anilines is 2. The van der Waals surface area contributed by atoms with Crippen LogP contribution in [0.25, 0.3) is 0 Å². The number of halogens is 2. The Kier molecular flexibility index (Phi) is 12.6. The number of hydrogen-bond donors (Lipinski definition) is 6. The molecular weight excluding hydrogens is 780 g/mol. The first-order chi connectivity index (χ1) is 26.5. The fourth-order valence-electron chi connectivity index (χ4n) is 5.30. The second-order valence-corrected chi connectivity index (χ2v) is 14.6. The minimum atomic E-state index is -0.567. The first kappa shape index (κ1) is 38.7. The molecule has 6 rings (SSSR count). The number of nitrogens with one attached hydrogen (secondary N) is 4. The number of benzene rings is 4. The smallest absolute Gasteiger partial charge is 0.234 e. The number of rotatable bonds is 10. The zero-order chi connectivity index (χ0) is 38.9. The molecule has 4 aromatic carbocycles. The van der Waals surface area contributed by atoms with Gasteiger partial charge in [-0.25, -0.2) is 20.0 Å². The summed E-state index contributed by atoms with van der Waals surface area (Å²) >= 11 is 14.3. The van der Waals surface area contributed by atoms with E-state index < -0.39 is 12.3 Å². The Bertz CT molecular complexity index is 2170. The summed E-state index contributed by atoms with van der Waals surface area (Å²) in [5.74, 6) is -0.249. The van der Waals surface area contributed by atoms with E-state index in [0.717, 1.165) is 34.7 Å². The number of carbonyl (C=O) groups excluding carboxylic acids is 2. The Morgan fingerprint density at radius 2 is 1.05 bits per heavy atom. The van der Waals surface area contributed by atoms with Crippen LogP contribution in [0.1, 0.15) is 45.7 Å². The summed E-state index contributed by atoms with van der Waals surface area (Å²) < 4.78 is 0. The lowest BCUT2D eigenvalue weighted by Crippen LogP contribution is -2.39. The summed E-state index contributed by atoms with van der Waals surface area (Å²) in [6.07, 6.45) is -0.863. The van der Waals surface area contributed by atoms with Crippen molar-refractivity contribution >= 4 is 92.2 Å². The average Bonchev–Trinajstić information content (AvgIpc) is 3.17. The largest absolute Gasteiger partial charge is 0.370 e. The third-order valence-electron chi connectivity index (χ3n) is 7.90. The van der Waals surface area contributed by atoms with Crippen molar-refractivity contribution in [3.63, 3.8) is 0 Å². The molecule has 276 valence electrons. The second kappa shape index (κ2) is 17.9. The normalized spacial score (nSPS) is 16.1. The Morgan fingerprint density at radius 1 is 0.655 bits per heavy atom. The van der Waals surface area contributed by atoms with Crippen molar-refractivity contribution in [3.8, 4) is 12.1 Å². The molecule has 0 aliphatic carbocycles. The number of hydrogen-bond acceptors (Lipinski definition) is 14. The third kappa shape index (κ3) is 10.6. The van der Waals surface area contributed by atoms with Crippen LogP contribution < -0.4 is 32.7 Å². The fourth-order valence-corrected chi connectivity index (χ4v) is 6.93. The Morgan fingerprint density at radius 3 is 1.44 bits per heavy atom. The van der Waals surface area contributed by atoms with E-state index in [9.17, 15) is 20.1 Å². The first-order valence-corrected chi connectivity index (χ1v) is 19.1. The molecule has 18 heteroatoms. The van der Waals surface area contributed by atoms with E-state index in [1.807, 2.05) is 0 Å². The van der Waals surface area contributed by atoms with Gasteiger partial charge in [-0.2, -0.15) is 10.5 Å². The number of amidine groups is 2. The molecule has 0 bridgehead atoms. The SMILES string of the molecule is N#Cc1cc(NC(=O)CSC2=N[C@H](c3ccc(Cl)cc3)N=C(N)N2)ccc1Cc1ccc(NC(=O)CSC2=N[C@H](c3ccc(Cl)cc3)N=C(N)N2)cc1C#N. The van der Waals surface area contributed by atoms with Crippen LogP contribution in [0.3, 0.4) is 0 Å². The molecule has 2 amide bonds. The molecule has 2 heterocycles. The zero-order valence-electron chi connectivity index (χ0n) is 28.6. The van der Waals surface area contributed by atoms with Gasteiger partial charge >= 0.3 is 0 Å². The Hall–Kier alpha value is -6.04. The van der Waals surface area contributed by atoms with Gasteiger partial charge in [0.15, 0.2) is 34.6 Å². The van der Waals surface area contributed by atoms with Crippen LogP contribution in [0.15, 0.2) is 105 Å². The average molecular weight is 810 g/mol. The molecule has 0 saturated heterocycles. The number of guanidine groups is 2. The van der Waals surface area contributed by atoms with E-state index in [0.29, 0.717) is 54.0 Å². The predicted octanol–water partition coefficient (Wildman–Crippen LogP) is 5.62. The summed E-state index contributed by atoms with van der Waals surface area (Å²) in [6.45, 7) is 0. The van der Waals surface area contributed by atoms with Crippen LogP contribution >= 0.6 is 46.7 Å². The molecule has 0 radical (unpaired) electrons. The summed E-state index contributed by atoms with van der Waals surface area (Å²) in [4.78, 5) is 43.4. The molecule has 4 aromatic rings. The van der Waals surface area contributed by atoms with Crippen molar-refractivity contribution in [1.82, 2.24) is 10.6 Å². The molecule has 55 heavy (non-hydrogen) atoms. The van der Waals surface area contributed by atoms with Crippen LogP contribution in [-0.4, -0.2) is 45.6 Å². The minimum Gasteiger partial charge on any atom is -0.370 e. The van der Waals surface area contributed by atoms with Crippen LogP contribution in [-0.2, 0) is 16.0 Å². The van der Waals surface area contributed by atoms with Gasteiger partial charge in [0.1, 0.15) is 0 Å². The van der Waals surface area contributed by atoms with E-state index in [-0.39, 0.29) is 41.7 Å². The molecule has 0 saturated carbocycles. The molecule has 14 nitrogen and oxygen atoms in total. The monoisotopic (exact) mass is 808 g/mol. The maximum atomic E-state index is 12.8. The van der Waals surface area contributed by atoms with Gasteiger partial charge in [-0.15, -0.1) is 0 Å². The van der Waals surface area contributed by atoms with Gasteiger partial charge in [-0.3, -0.25) is 9.59 Å². The van der Waals surface area contributed by atoms with Gasteiger partial charge in [-0.05, 0) is 70.8 Å². The molecule has 0 unspecified atom stereocenters. The number of aliphatic imine (C=N–C) groups is 4. The van der Waals surface area contributed by atoms with Gasteiger partial charge < -0.3 is 32.7 Å². The molecule has 2 atom stereocenters. The van der Waals surface area contributed by atoms with Crippen molar-refractivity contribution in [2.45, 2.75) is 18.8 Å². The highest BCUT2D eigenvalue weighted by Gasteiger charge is 2.20. The maximum absolute atomic E-state index is 12.8. The summed E-state index contributed by atoms with van der Waals surface area (Å²) in [7, 11) is 0. The molecule has 0 fully saturated rings. The molecule has 8 N–H and O–H groups in total. The van der Waals surface area contributed by atoms with Crippen molar-refractivity contribution in [3.05, 3.63) is 128 Å². The standard InChI is InChI=1S/C37H30Cl2N12O2S2/c38-26-7-1-20(2-8-26)32-46-34(42)50-36(48-32)54-18-30(52)44-28-11-5-22(24(14-28)16-40)13-23-6-12-29(15-25(23)17-41)45-31(53)19-55-37-49-33(47-35(43)51-37)21-3-9-27(39)10-4-21/h1-12,14-15,32-33H,13,18-19H2,(H,44,52)(H,45,53)(H3,42,46,48,50)(H3,43,47,49,51)/t32-,33-/m1/s1. The van der Waals surface area contributed by atoms with E-state index in [1.54, 1.807) is 84.9 Å². The Labute approximate surface area is 334 Å².